The van der Waals surface area contributed by atoms with E-state index < -0.39 is 28.7 Å². The lowest BCUT2D eigenvalue weighted by molar-refractivity contribution is -0.146. The van der Waals surface area contributed by atoms with Gasteiger partial charge in [-0.05, 0) is 31.7 Å². The molecule has 0 radical (unpaired) electrons. The Balaban J connectivity index is 1.70. The molecule has 2 unspecified atom stereocenters. The Bertz CT molecular complexity index is 1050. The first kappa shape index (κ1) is 28.4. The number of aliphatic hydroxyl groups is 1. The maximum absolute atomic E-state index is 14.2. The molecular weight excluding hydrogens is 498 g/mol. The van der Waals surface area contributed by atoms with Crippen molar-refractivity contribution in [1.29, 1.82) is 0 Å². The lowest BCUT2D eigenvalue weighted by atomic mass is 9.70. The van der Waals surface area contributed by atoms with E-state index >= 15 is 0 Å². The smallest absolute Gasteiger partial charge is 0.247 e. The predicted molar refractivity (Wildman–Crippen MR) is 151 cm³/mol. The average Bonchev–Trinajstić information content (AvgIpc) is 3.57. The van der Waals surface area contributed by atoms with Gasteiger partial charge < -0.3 is 19.8 Å². The second-order valence-electron chi connectivity index (χ2n) is 10.8. The normalized spacial score (nSPS) is 28.2. The minimum Gasteiger partial charge on any atom is -0.394 e. The van der Waals surface area contributed by atoms with Crippen molar-refractivity contribution in [3.8, 4) is 0 Å². The number of thioether (sulfide) groups is 1. The number of likely N-dealkylation sites (tertiary alicyclic amines) is 1. The molecule has 3 amide bonds. The van der Waals surface area contributed by atoms with Gasteiger partial charge in [0.2, 0.25) is 17.7 Å². The lowest BCUT2D eigenvalue weighted by Crippen LogP contribution is -2.57. The van der Waals surface area contributed by atoms with E-state index in [1.165, 1.54) is 0 Å². The molecule has 3 fully saturated rings. The summed E-state index contributed by atoms with van der Waals surface area (Å²) in [4.78, 5) is 47.7. The quantitative estimate of drug-likeness (QED) is 0.388. The number of benzene rings is 1. The summed E-state index contributed by atoms with van der Waals surface area (Å²) in [6.07, 6.45) is 6.76. The largest absolute Gasteiger partial charge is 0.394 e. The number of carbonyl (C=O) groups is 3. The van der Waals surface area contributed by atoms with E-state index in [1.54, 1.807) is 45.5 Å². The Morgan fingerprint density at radius 2 is 1.87 bits per heavy atom. The molecule has 3 saturated heterocycles. The highest BCUT2D eigenvalue weighted by Gasteiger charge is 2.74. The highest BCUT2D eigenvalue weighted by molar-refractivity contribution is 8.02. The maximum Gasteiger partial charge on any atom is 0.247 e. The number of carbonyl (C=O) groups excluding carboxylic acids is 3. The molecule has 206 valence electrons. The van der Waals surface area contributed by atoms with Crippen molar-refractivity contribution in [2.24, 2.45) is 11.8 Å². The van der Waals surface area contributed by atoms with Gasteiger partial charge in [0.1, 0.15) is 6.04 Å². The molecule has 2 bridgehead atoms. The van der Waals surface area contributed by atoms with Gasteiger partial charge in [-0.3, -0.25) is 14.4 Å². The monoisotopic (exact) mass is 539 g/mol. The van der Waals surface area contributed by atoms with Crippen molar-refractivity contribution in [3.63, 3.8) is 0 Å². The van der Waals surface area contributed by atoms with Crippen molar-refractivity contribution >= 4 is 29.5 Å². The molecule has 6 atom stereocenters. The van der Waals surface area contributed by atoms with Crippen LogP contribution in [0.1, 0.15) is 45.1 Å². The molecule has 8 heteroatoms. The van der Waals surface area contributed by atoms with E-state index in [4.69, 9.17) is 0 Å². The first-order valence-electron chi connectivity index (χ1n) is 13.8. The van der Waals surface area contributed by atoms with Crippen molar-refractivity contribution in [2.75, 3.05) is 26.2 Å². The van der Waals surface area contributed by atoms with E-state index in [1.807, 2.05) is 30.3 Å². The molecule has 0 aromatic heterocycles. The van der Waals surface area contributed by atoms with Gasteiger partial charge in [-0.15, -0.1) is 24.9 Å². The molecule has 4 rings (SSSR count). The molecule has 3 aliphatic heterocycles. The minimum atomic E-state index is -0.700. The van der Waals surface area contributed by atoms with Gasteiger partial charge in [0.15, 0.2) is 0 Å². The molecule has 1 aromatic carbocycles. The Morgan fingerprint density at radius 3 is 2.50 bits per heavy atom. The zero-order valence-corrected chi connectivity index (χ0v) is 23.4. The maximum atomic E-state index is 14.2. The van der Waals surface area contributed by atoms with Gasteiger partial charge in [-0.2, -0.15) is 0 Å². The van der Waals surface area contributed by atoms with Crippen LogP contribution in [0.25, 0.3) is 0 Å². The number of fused-ring (bicyclic) bond motifs is 1. The van der Waals surface area contributed by atoms with Crippen LogP contribution in [0.2, 0.25) is 0 Å². The number of hydrogen-bond donors (Lipinski definition) is 1. The van der Waals surface area contributed by atoms with E-state index in [0.29, 0.717) is 32.6 Å². The van der Waals surface area contributed by atoms with Crippen molar-refractivity contribution in [1.82, 2.24) is 14.7 Å². The number of unbranched alkanes of at least 4 members (excludes halogenated alkanes) is 1. The first-order chi connectivity index (χ1) is 18.3. The highest BCUT2D eigenvalue weighted by atomic mass is 32.2. The number of hydrogen-bond acceptors (Lipinski definition) is 5. The van der Waals surface area contributed by atoms with Gasteiger partial charge >= 0.3 is 0 Å². The molecule has 1 aromatic rings. The van der Waals surface area contributed by atoms with Gasteiger partial charge in [0.05, 0.1) is 29.2 Å². The first-order valence-corrected chi connectivity index (χ1v) is 14.7. The van der Waals surface area contributed by atoms with Gasteiger partial charge in [-0.25, -0.2) is 0 Å². The molecule has 38 heavy (non-hydrogen) atoms. The van der Waals surface area contributed by atoms with Crippen LogP contribution in [0, 0.1) is 11.8 Å². The predicted octanol–water partition coefficient (Wildman–Crippen LogP) is 3.49. The summed E-state index contributed by atoms with van der Waals surface area (Å²) in [5.41, 5.74) is 1.02. The number of aliphatic hydroxyl groups excluding tert-OH is 1. The van der Waals surface area contributed by atoms with Gasteiger partial charge in [0, 0.05) is 31.4 Å². The Kier molecular flexibility index (Phi) is 9.04. The second-order valence-corrected chi connectivity index (χ2v) is 12.4. The molecule has 0 aliphatic carbocycles. The average molecular weight is 540 g/mol. The van der Waals surface area contributed by atoms with E-state index in [2.05, 4.69) is 20.1 Å². The summed E-state index contributed by atoms with van der Waals surface area (Å²) >= 11 is 1.67. The van der Waals surface area contributed by atoms with Crippen LogP contribution in [-0.2, 0) is 20.9 Å². The molecule has 1 N–H and O–H groups in total. The van der Waals surface area contributed by atoms with Crippen molar-refractivity contribution < 1.29 is 19.5 Å². The fourth-order valence-electron chi connectivity index (χ4n) is 6.59. The van der Waals surface area contributed by atoms with Gasteiger partial charge in [0.25, 0.3) is 0 Å². The Hall–Kier alpha value is -2.58. The van der Waals surface area contributed by atoms with Crippen molar-refractivity contribution in [2.45, 2.75) is 68.2 Å². The third kappa shape index (κ3) is 4.93. The van der Waals surface area contributed by atoms with Crippen LogP contribution < -0.4 is 0 Å². The van der Waals surface area contributed by atoms with Crippen LogP contribution in [0.3, 0.4) is 0 Å². The van der Waals surface area contributed by atoms with E-state index in [9.17, 15) is 19.5 Å². The summed E-state index contributed by atoms with van der Waals surface area (Å²) in [5, 5.41) is 10.1. The second kappa shape index (κ2) is 12.1. The zero-order valence-electron chi connectivity index (χ0n) is 22.6. The summed E-state index contributed by atoms with van der Waals surface area (Å²) in [5.74, 6) is -1.40. The topological polar surface area (TPSA) is 81.2 Å². The van der Waals surface area contributed by atoms with E-state index in [0.717, 1.165) is 24.8 Å². The minimum absolute atomic E-state index is 0.00934. The van der Waals surface area contributed by atoms with Crippen LogP contribution in [0.5, 0.6) is 0 Å². The Labute approximate surface area is 230 Å². The number of rotatable bonds is 13. The SMILES string of the molecule is C=CCN(CCCC)C(=O)C1N([C@H](C)CO)C(=O)[C@@H]2[C@@H](C(=O)N(CC=C)Cc3ccccc3)[C@H]3CCC12S3. The third-order valence-electron chi connectivity index (χ3n) is 8.32. The summed E-state index contributed by atoms with van der Waals surface area (Å²) in [6.45, 7) is 13.2. The molecule has 1 spiro atoms. The number of nitrogens with zero attached hydrogens (tertiary/aromatic N) is 3. The fraction of sp³-hybridized carbons (Fsp3) is 0.567. The standard InChI is InChI=1S/C30H41N3O4S/c1-5-8-18-31(16-6-2)29(37)26-30-15-14-23(38-30)24(25(30)28(36)33(26)21(4)20-34)27(35)32(17-7-3)19-22-12-10-9-11-13-22/h6-7,9-13,21,23-26,34H,2-3,5,8,14-20H2,1,4H3/t21-,23-,24+,25+,26?,30?/m1/s1. The van der Waals surface area contributed by atoms with E-state index in [-0.39, 0.29) is 29.6 Å². The van der Waals surface area contributed by atoms with Crippen LogP contribution in [-0.4, -0.2) is 85.8 Å². The third-order valence-corrected chi connectivity index (χ3v) is 10.3. The molecular formula is C30H41N3O4S. The molecule has 3 heterocycles. The van der Waals surface area contributed by atoms with Crippen LogP contribution >= 0.6 is 11.8 Å². The van der Waals surface area contributed by atoms with Crippen molar-refractivity contribution in [3.05, 3.63) is 61.2 Å². The highest BCUT2D eigenvalue weighted by Crippen LogP contribution is 2.67. The summed E-state index contributed by atoms with van der Waals surface area (Å²) in [7, 11) is 0. The summed E-state index contributed by atoms with van der Waals surface area (Å²) in [6, 6.07) is 8.61. The number of amides is 3. The zero-order chi connectivity index (χ0) is 27.4. The van der Waals surface area contributed by atoms with Crippen LogP contribution in [0.15, 0.2) is 55.6 Å². The van der Waals surface area contributed by atoms with Crippen LogP contribution in [0.4, 0.5) is 0 Å². The molecule has 0 saturated carbocycles. The lowest BCUT2D eigenvalue weighted by Gasteiger charge is -2.39. The molecule has 7 nitrogen and oxygen atoms in total. The Morgan fingerprint density at radius 1 is 1.18 bits per heavy atom. The summed E-state index contributed by atoms with van der Waals surface area (Å²) < 4.78 is -0.666. The van der Waals surface area contributed by atoms with Gasteiger partial charge in [-0.1, -0.05) is 55.8 Å². The molecule has 3 aliphatic rings. The fourth-order valence-corrected chi connectivity index (χ4v) is 8.78.